The highest BCUT2D eigenvalue weighted by Crippen LogP contribution is 2.39. The Morgan fingerprint density at radius 3 is 2.94 bits per heavy atom. The maximum Gasteiger partial charge on any atom is 0.223 e. The molecule has 1 aliphatic heterocycles. The molecule has 31 heavy (non-hydrogen) atoms. The second-order valence-electron chi connectivity index (χ2n) is 7.38. The van der Waals surface area contributed by atoms with Crippen LogP contribution in [0.2, 0.25) is 0 Å². The summed E-state index contributed by atoms with van der Waals surface area (Å²) in [6.07, 6.45) is 6.06. The van der Waals surface area contributed by atoms with E-state index in [4.69, 9.17) is 19.4 Å². The Morgan fingerprint density at radius 1 is 1.19 bits per heavy atom. The summed E-state index contributed by atoms with van der Waals surface area (Å²) in [6, 6.07) is 7.97. The fourth-order valence-corrected chi connectivity index (χ4v) is 4.65. The zero-order valence-electron chi connectivity index (χ0n) is 17.5. The fraction of sp³-hybridized carbons (Fsp3) is 0.318. The molecule has 8 nitrogen and oxygen atoms in total. The molecule has 4 heterocycles. The number of imidazole rings is 1. The van der Waals surface area contributed by atoms with Crippen LogP contribution in [0.3, 0.4) is 0 Å². The van der Waals surface area contributed by atoms with E-state index in [0.717, 1.165) is 65.0 Å². The van der Waals surface area contributed by atoms with Crippen LogP contribution in [0.4, 0.5) is 5.95 Å². The Bertz CT molecular complexity index is 1200. The minimum atomic E-state index is 0.327. The summed E-state index contributed by atoms with van der Waals surface area (Å²) in [4.78, 5) is 15.1. The van der Waals surface area contributed by atoms with Crippen molar-refractivity contribution in [2.45, 2.75) is 18.9 Å². The summed E-state index contributed by atoms with van der Waals surface area (Å²) in [7, 11) is 3.31. The third kappa shape index (κ3) is 3.82. The number of anilines is 1. The van der Waals surface area contributed by atoms with E-state index in [9.17, 15) is 0 Å². The summed E-state index contributed by atoms with van der Waals surface area (Å²) < 4.78 is 13.1. The zero-order valence-corrected chi connectivity index (χ0v) is 18.3. The first kappa shape index (κ1) is 19.8. The van der Waals surface area contributed by atoms with Crippen molar-refractivity contribution in [3.05, 3.63) is 42.0 Å². The van der Waals surface area contributed by atoms with Gasteiger partial charge in [0.05, 0.1) is 19.9 Å². The number of rotatable bonds is 6. The number of hydrogen-bond acceptors (Lipinski definition) is 8. The number of ether oxygens (including phenoxy) is 2. The van der Waals surface area contributed by atoms with Crippen LogP contribution in [0.1, 0.15) is 12.8 Å². The van der Waals surface area contributed by atoms with Gasteiger partial charge >= 0.3 is 0 Å². The van der Waals surface area contributed by atoms with Gasteiger partial charge in [-0.15, -0.1) is 11.3 Å². The van der Waals surface area contributed by atoms with Gasteiger partial charge in [-0.1, -0.05) is 0 Å². The second kappa shape index (κ2) is 8.52. The van der Waals surface area contributed by atoms with Crippen molar-refractivity contribution in [2.75, 3.05) is 32.6 Å². The lowest BCUT2D eigenvalue weighted by Crippen LogP contribution is -2.38. The number of aromatic nitrogens is 4. The molecule has 9 heteroatoms. The molecular formula is C22H24N6O2S. The van der Waals surface area contributed by atoms with Crippen LogP contribution >= 0.6 is 11.3 Å². The van der Waals surface area contributed by atoms with Crippen molar-refractivity contribution in [2.24, 2.45) is 0 Å². The molecule has 1 saturated heterocycles. The summed E-state index contributed by atoms with van der Waals surface area (Å²) in [6.45, 7) is 1.98. The topological polar surface area (TPSA) is 85.6 Å². The molecule has 2 N–H and O–H groups in total. The van der Waals surface area contributed by atoms with Crippen LogP contribution in [0.15, 0.2) is 42.0 Å². The number of nitrogens with one attached hydrogen (secondary N) is 2. The average molecular weight is 437 g/mol. The Hall–Kier alpha value is -3.17. The molecule has 0 bridgehead atoms. The van der Waals surface area contributed by atoms with Gasteiger partial charge in [0.2, 0.25) is 5.95 Å². The molecule has 1 aliphatic rings. The minimum Gasteiger partial charge on any atom is -0.497 e. The minimum absolute atomic E-state index is 0.327. The highest BCUT2D eigenvalue weighted by Gasteiger charge is 2.22. The van der Waals surface area contributed by atoms with E-state index in [2.05, 4.69) is 20.0 Å². The molecule has 3 aromatic heterocycles. The Kier molecular flexibility index (Phi) is 5.44. The lowest BCUT2D eigenvalue weighted by atomic mass is 10.1. The lowest BCUT2D eigenvalue weighted by molar-refractivity contribution is 0.404. The van der Waals surface area contributed by atoms with Crippen molar-refractivity contribution in [3.8, 4) is 34.1 Å². The van der Waals surface area contributed by atoms with Crippen LogP contribution in [0, 0.1) is 0 Å². The number of nitrogens with zero attached hydrogens (tertiary/aromatic N) is 4. The number of piperidine rings is 1. The van der Waals surface area contributed by atoms with E-state index >= 15 is 0 Å². The first-order chi connectivity index (χ1) is 15.3. The van der Waals surface area contributed by atoms with Gasteiger partial charge in [-0.3, -0.25) is 4.40 Å². The van der Waals surface area contributed by atoms with E-state index in [1.165, 1.54) is 0 Å². The SMILES string of the molecule is COc1ccc(OC)c(-c2nc3sccn3c2-c2ccnc(NC3CCCNC3)n2)c1. The van der Waals surface area contributed by atoms with Crippen molar-refractivity contribution in [3.63, 3.8) is 0 Å². The maximum absolute atomic E-state index is 5.63. The predicted octanol–water partition coefficient (Wildman–Crippen LogP) is 3.70. The molecule has 5 rings (SSSR count). The molecular weight excluding hydrogens is 412 g/mol. The van der Waals surface area contributed by atoms with Crippen molar-refractivity contribution >= 4 is 22.2 Å². The smallest absolute Gasteiger partial charge is 0.223 e. The first-order valence-corrected chi connectivity index (χ1v) is 11.1. The predicted molar refractivity (Wildman–Crippen MR) is 122 cm³/mol. The van der Waals surface area contributed by atoms with Gasteiger partial charge < -0.3 is 20.1 Å². The van der Waals surface area contributed by atoms with Crippen molar-refractivity contribution in [1.29, 1.82) is 0 Å². The molecule has 4 aromatic rings. The van der Waals surface area contributed by atoms with Gasteiger partial charge in [-0.05, 0) is 43.7 Å². The summed E-state index contributed by atoms with van der Waals surface area (Å²) in [5, 5.41) is 8.90. The van der Waals surface area contributed by atoms with Gasteiger partial charge in [-0.2, -0.15) is 0 Å². The second-order valence-corrected chi connectivity index (χ2v) is 8.26. The standard InChI is InChI=1S/C22H24N6O2S/c1-29-15-5-6-18(30-2)16(12-15)19-20(28-10-11-31-22(28)27-19)17-7-9-24-21(26-17)25-14-4-3-8-23-13-14/h5-7,9-12,14,23H,3-4,8,13H2,1-2H3,(H,24,25,26). The Balaban J connectivity index is 1.61. The molecule has 0 saturated carbocycles. The Morgan fingerprint density at radius 2 is 2.13 bits per heavy atom. The molecule has 1 atom stereocenters. The number of thiazole rings is 1. The number of methoxy groups -OCH3 is 2. The van der Waals surface area contributed by atoms with Gasteiger partial charge in [-0.25, -0.2) is 15.0 Å². The van der Waals surface area contributed by atoms with E-state index in [0.29, 0.717) is 12.0 Å². The third-order valence-corrected chi connectivity index (χ3v) is 6.21. The van der Waals surface area contributed by atoms with E-state index in [1.807, 2.05) is 35.8 Å². The number of benzene rings is 1. The molecule has 0 aliphatic carbocycles. The van der Waals surface area contributed by atoms with Crippen LogP contribution in [-0.2, 0) is 0 Å². The highest BCUT2D eigenvalue weighted by molar-refractivity contribution is 7.15. The molecule has 1 fully saturated rings. The maximum atomic E-state index is 5.63. The van der Waals surface area contributed by atoms with Crippen LogP contribution in [0.25, 0.3) is 27.6 Å². The number of fused-ring (bicyclic) bond motifs is 1. The monoisotopic (exact) mass is 436 g/mol. The van der Waals surface area contributed by atoms with E-state index < -0.39 is 0 Å². The number of hydrogen-bond donors (Lipinski definition) is 2. The molecule has 160 valence electrons. The lowest BCUT2D eigenvalue weighted by Gasteiger charge is -2.23. The van der Waals surface area contributed by atoms with Crippen LogP contribution in [-0.4, -0.2) is 52.7 Å². The van der Waals surface area contributed by atoms with Gasteiger partial charge in [0, 0.05) is 35.9 Å². The molecule has 0 amide bonds. The molecule has 0 spiro atoms. The van der Waals surface area contributed by atoms with Gasteiger partial charge in [0.1, 0.15) is 22.9 Å². The largest absolute Gasteiger partial charge is 0.497 e. The van der Waals surface area contributed by atoms with Gasteiger partial charge in [0.25, 0.3) is 0 Å². The summed E-state index contributed by atoms with van der Waals surface area (Å²) in [5.74, 6) is 2.10. The van der Waals surface area contributed by atoms with Gasteiger partial charge in [0.15, 0.2) is 4.96 Å². The molecule has 0 radical (unpaired) electrons. The summed E-state index contributed by atoms with van der Waals surface area (Å²) >= 11 is 1.58. The molecule has 1 unspecified atom stereocenters. The summed E-state index contributed by atoms with van der Waals surface area (Å²) in [5.41, 5.74) is 3.35. The van der Waals surface area contributed by atoms with E-state index in [-0.39, 0.29) is 0 Å². The van der Waals surface area contributed by atoms with Crippen LogP contribution < -0.4 is 20.1 Å². The third-order valence-electron chi connectivity index (χ3n) is 5.45. The average Bonchev–Trinajstić information content (AvgIpc) is 3.41. The quantitative estimate of drug-likeness (QED) is 0.477. The Labute approximate surface area is 184 Å². The fourth-order valence-electron chi connectivity index (χ4n) is 3.94. The van der Waals surface area contributed by atoms with Crippen molar-refractivity contribution < 1.29 is 9.47 Å². The zero-order chi connectivity index (χ0) is 21.2. The normalized spacial score (nSPS) is 16.4. The molecule has 1 aromatic carbocycles. The van der Waals surface area contributed by atoms with Crippen molar-refractivity contribution in [1.82, 2.24) is 24.7 Å². The first-order valence-electron chi connectivity index (χ1n) is 10.3. The highest BCUT2D eigenvalue weighted by atomic mass is 32.1. The van der Waals surface area contributed by atoms with E-state index in [1.54, 1.807) is 31.8 Å². The van der Waals surface area contributed by atoms with Crippen LogP contribution in [0.5, 0.6) is 11.5 Å².